The van der Waals surface area contributed by atoms with Gasteiger partial charge in [0.1, 0.15) is 5.75 Å². The Morgan fingerprint density at radius 3 is 2.53 bits per heavy atom. The number of H-pyrrole nitrogens is 1. The smallest absolute Gasteiger partial charge is 0.328 e. The second-order valence-corrected chi connectivity index (χ2v) is 6.01. The number of nitrogens with one attached hydrogen (secondary N) is 2. The number of hydrazone groups is 1. The van der Waals surface area contributed by atoms with Crippen molar-refractivity contribution in [1.29, 1.82) is 0 Å². The number of guanidine groups is 1. The molecule has 1 aromatic carbocycles. The Kier molecular flexibility index (Phi) is 10.8. The van der Waals surface area contributed by atoms with Gasteiger partial charge in [0.2, 0.25) is 5.96 Å². The minimum Gasteiger partial charge on any atom is -0.497 e. The summed E-state index contributed by atoms with van der Waals surface area (Å²) in [6, 6.07) is 5.86. The number of carboxylic acid groups (broad SMARTS) is 2. The molecular formula is C20H27N5O5. The van der Waals surface area contributed by atoms with Crippen molar-refractivity contribution in [3.63, 3.8) is 0 Å². The first kappa shape index (κ1) is 24.2. The van der Waals surface area contributed by atoms with Crippen LogP contribution in [-0.2, 0) is 9.59 Å². The van der Waals surface area contributed by atoms with E-state index < -0.39 is 11.9 Å². The number of aromatic amines is 1. The number of carboxylic acids is 2. The lowest BCUT2D eigenvalue weighted by Crippen LogP contribution is -2.27. The molecule has 0 radical (unpaired) electrons. The van der Waals surface area contributed by atoms with E-state index in [4.69, 9.17) is 20.7 Å². The lowest BCUT2D eigenvalue weighted by Gasteiger charge is -2.00. The highest BCUT2D eigenvalue weighted by molar-refractivity contribution is 5.99. The molecular weight excluding hydrogens is 390 g/mol. The molecule has 0 aliphatic carbocycles. The molecule has 30 heavy (non-hydrogen) atoms. The van der Waals surface area contributed by atoms with Crippen LogP contribution in [0.15, 0.2) is 46.6 Å². The maximum atomic E-state index is 9.55. The highest BCUT2D eigenvalue weighted by Gasteiger charge is 2.03. The van der Waals surface area contributed by atoms with E-state index in [1.807, 2.05) is 24.4 Å². The van der Waals surface area contributed by atoms with Gasteiger partial charge in [-0.2, -0.15) is 5.10 Å². The minimum absolute atomic E-state index is 0.338. The summed E-state index contributed by atoms with van der Waals surface area (Å²) in [5.41, 5.74) is 10.5. The Balaban J connectivity index is 0.000000479. The predicted molar refractivity (Wildman–Crippen MR) is 116 cm³/mol. The van der Waals surface area contributed by atoms with Gasteiger partial charge in [-0.15, -0.1) is 0 Å². The number of benzene rings is 1. The van der Waals surface area contributed by atoms with Crippen LogP contribution in [0.4, 0.5) is 0 Å². The fourth-order valence-electron chi connectivity index (χ4n) is 2.26. The van der Waals surface area contributed by atoms with Crippen molar-refractivity contribution in [2.45, 2.75) is 26.2 Å². The summed E-state index contributed by atoms with van der Waals surface area (Å²) in [5.74, 6) is -1.36. The van der Waals surface area contributed by atoms with Gasteiger partial charge in [-0.1, -0.05) is 19.8 Å². The zero-order valence-electron chi connectivity index (χ0n) is 17.0. The number of hydrogen-bond donors (Lipinski definition) is 5. The number of ether oxygens (including phenoxy) is 1. The molecule has 6 N–H and O–H groups in total. The fraction of sp³-hybridized carbons (Fsp3) is 0.300. The van der Waals surface area contributed by atoms with E-state index in [0.29, 0.717) is 18.1 Å². The number of aromatic nitrogens is 1. The van der Waals surface area contributed by atoms with Crippen LogP contribution in [0.5, 0.6) is 5.75 Å². The fourth-order valence-corrected chi connectivity index (χ4v) is 2.26. The van der Waals surface area contributed by atoms with Crippen LogP contribution < -0.4 is 15.9 Å². The largest absolute Gasteiger partial charge is 0.497 e. The highest BCUT2D eigenvalue weighted by atomic mass is 16.5. The van der Waals surface area contributed by atoms with Gasteiger partial charge in [-0.05, 0) is 24.6 Å². The van der Waals surface area contributed by atoms with Crippen LogP contribution in [0.2, 0.25) is 0 Å². The summed E-state index contributed by atoms with van der Waals surface area (Å²) < 4.78 is 5.24. The number of rotatable bonds is 9. The molecule has 0 unspecified atom stereocenters. The molecule has 0 fully saturated rings. The molecule has 10 nitrogen and oxygen atoms in total. The number of nitrogens with two attached hydrogens (primary N) is 1. The molecule has 10 heteroatoms. The standard InChI is InChI=1S/C16H23N5O.C4H4O4/c1-3-4-5-8-18-16(17)21-20-11-12-10-19-15-7-6-13(22-2)9-14(12)15;5-3(6)1-2-4(7)8/h6-7,9-11,19H,3-5,8H2,1-2H3,(H3,17,18,21);1-2H,(H,5,6)(H,7,8)/b20-11-;. The summed E-state index contributed by atoms with van der Waals surface area (Å²) in [4.78, 5) is 26.5. The minimum atomic E-state index is -1.26. The molecule has 2 aromatic rings. The van der Waals surface area contributed by atoms with Gasteiger partial charge in [-0.25, -0.2) is 15.0 Å². The number of fused-ring (bicyclic) bond motifs is 1. The summed E-state index contributed by atoms with van der Waals surface area (Å²) >= 11 is 0. The van der Waals surface area contributed by atoms with Crippen molar-refractivity contribution in [2.75, 3.05) is 13.7 Å². The molecule has 2 rings (SSSR count). The van der Waals surface area contributed by atoms with Crippen LogP contribution in [0, 0.1) is 0 Å². The molecule has 0 saturated heterocycles. The lowest BCUT2D eigenvalue weighted by molar-refractivity contribution is -0.134. The summed E-state index contributed by atoms with van der Waals surface area (Å²) in [6.45, 7) is 2.89. The topological polar surface area (TPSA) is 162 Å². The Morgan fingerprint density at radius 2 is 1.93 bits per heavy atom. The van der Waals surface area contributed by atoms with E-state index in [-0.39, 0.29) is 0 Å². The number of unbranched alkanes of at least 4 members (excludes halogenated alkanes) is 2. The molecule has 0 spiro atoms. The van der Waals surface area contributed by atoms with Gasteiger partial charge in [0.25, 0.3) is 0 Å². The Hall–Kier alpha value is -3.82. The van der Waals surface area contributed by atoms with Gasteiger partial charge in [0.05, 0.1) is 13.3 Å². The predicted octanol–water partition coefficient (Wildman–Crippen LogP) is 2.32. The second kappa shape index (κ2) is 13.4. The highest BCUT2D eigenvalue weighted by Crippen LogP contribution is 2.22. The Labute approximate surface area is 174 Å². The van der Waals surface area contributed by atoms with Crippen LogP contribution in [0.25, 0.3) is 10.9 Å². The third-order valence-corrected chi connectivity index (χ3v) is 3.72. The molecule has 0 aliphatic heterocycles. The zero-order chi connectivity index (χ0) is 22.4. The molecule has 1 aromatic heterocycles. The van der Waals surface area contributed by atoms with E-state index in [2.05, 4.69) is 27.4 Å². The normalized spacial score (nSPS) is 11.5. The first-order valence-electron chi connectivity index (χ1n) is 9.25. The average molecular weight is 417 g/mol. The zero-order valence-corrected chi connectivity index (χ0v) is 17.0. The third-order valence-electron chi connectivity index (χ3n) is 3.72. The van der Waals surface area contributed by atoms with Gasteiger partial charge >= 0.3 is 11.9 Å². The third kappa shape index (κ3) is 9.40. The van der Waals surface area contributed by atoms with Crippen LogP contribution in [0.3, 0.4) is 0 Å². The molecule has 0 atom stereocenters. The molecule has 0 bridgehead atoms. The molecule has 162 valence electrons. The van der Waals surface area contributed by atoms with Gasteiger partial charge in [0.15, 0.2) is 0 Å². The summed E-state index contributed by atoms with van der Waals surface area (Å²) in [6.07, 6.45) is 8.11. The Morgan fingerprint density at radius 1 is 1.23 bits per heavy atom. The van der Waals surface area contributed by atoms with Gasteiger partial charge < -0.3 is 25.7 Å². The maximum absolute atomic E-state index is 9.55. The van der Waals surface area contributed by atoms with Crippen molar-refractivity contribution < 1.29 is 24.5 Å². The van der Waals surface area contributed by atoms with Crippen molar-refractivity contribution in [2.24, 2.45) is 15.8 Å². The van der Waals surface area contributed by atoms with E-state index in [9.17, 15) is 9.59 Å². The lowest BCUT2D eigenvalue weighted by atomic mass is 10.2. The first-order valence-corrected chi connectivity index (χ1v) is 9.25. The maximum Gasteiger partial charge on any atom is 0.328 e. The number of hydrogen-bond acceptors (Lipinski definition) is 5. The number of methoxy groups -OCH3 is 1. The summed E-state index contributed by atoms with van der Waals surface area (Å²) in [5, 5.41) is 20.8. The van der Waals surface area contributed by atoms with Crippen molar-refractivity contribution in [3.05, 3.63) is 42.1 Å². The monoisotopic (exact) mass is 417 g/mol. The first-order chi connectivity index (χ1) is 14.4. The van der Waals surface area contributed by atoms with Crippen LogP contribution >= 0.6 is 0 Å². The molecule has 0 aliphatic rings. The quantitative estimate of drug-likeness (QED) is 0.137. The number of nitrogens with zero attached hydrogens (tertiary/aromatic N) is 2. The molecule has 0 amide bonds. The summed E-state index contributed by atoms with van der Waals surface area (Å²) in [7, 11) is 1.65. The van der Waals surface area contributed by atoms with Crippen molar-refractivity contribution in [3.8, 4) is 5.75 Å². The Bertz CT molecular complexity index is 901. The second-order valence-electron chi connectivity index (χ2n) is 6.01. The number of aliphatic carboxylic acids is 2. The number of carbonyl (C=O) groups is 2. The van der Waals surface area contributed by atoms with E-state index >= 15 is 0 Å². The SMILES string of the molecule is CCCCCN=C(N)N/N=C\c1c[nH]c2ccc(OC)cc12.O=C(O)C=CC(=O)O. The van der Waals surface area contributed by atoms with Gasteiger partial charge in [-0.3, -0.25) is 4.99 Å². The van der Waals surface area contributed by atoms with E-state index in [0.717, 1.165) is 41.6 Å². The molecule has 0 saturated carbocycles. The van der Waals surface area contributed by atoms with Gasteiger partial charge in [0, 0.05) is 41.4 Å². The van der Waals surface area contributed by atoms with Crippen LogP contribution in [-0.4, -0.2) is 53.0 Å². The van der Waals surface area contributed by atoms with E-state index in [1.165, 1.54) is 6.42 Å². The average Bonchev–Trinajstić information content (AvgIpc) is 3.12. The van der Waals surface area contributed by atoms with E-state index in [1.54, 1.807) is 13.3 Å². The van der Waals surface area contributed by atoms with Crippen LogP contribution in [0.1, 0.15) is 31.7 Å². The van der Waals surface area contributed by atoms with Crippen molar-refractivity contribution >= 4 is 35.0 Å². The number of aliphatic imine (C=N–C) groups is 1. The molecule has 1 heterocycles. The van der Waals surface area contributed by atoms with Crippen molar-refractivity contribution in [1.82, 2.24) is 10.4 Å².